The van der Waals surface area contributed by atoms with Crippen molar-refractivity contribution in [3.63, 3.8) is 0 Å². The lowest BCUT2D eigenvalue weighted by molar-refractivity contribution is -0.152. The van der Waals surface area contributed by atoms with Gasteiger partial charge in [0.15, 0.2) is 0 Å². The first kappa shape index (κ1) is 14.5. The molecule has 1 aliphatic rings. The molecule has 0 bridgehead atoms. The second-order valence-corrected chi connectivity index (χ2v) is 7.60. The van der Waals surface area contributed by atoms with Crippen molar-refractivity contribution in [3.05, 3.63) is 16.6 Å². The van der Waals surface area contributed by atoms with Crippen LogP contribution in [0.1, 0.15) is 52.1 Å². The van der Waals surface area contributed by atoms with Gasteiger partial charge in [0.05, 0.1) is 16.6 Å². The molecule has 1 aliphatic carbocycles. The van der Waals surface area contributed by atoms with Crippen LogP contribution in [0.15, 0.2) is 10.9 Å². The van der Waals surface area contributed by atoms with Crippen LogP contribution in [0, 0.1) is 16.7 Å². The average molecular weight is 281 g/mol. The molecule has 1 heterocycles. The number of aliphatic carboxylic acids is 1. The van der Waals surface area contributed by atoms with Crippen molar-refractivity contribution in [2.24, 2.45) is 16.7 Å². The Bertz CT molecular complexity index is 425. The minimum atomic E-state index is -0.646. The maximum atomic E-state index is 11.7. The number of carbonyl (C=O) groups is 1. The Labute approximate surface area is 119 Å². The van der Waals surface area contributed by atoms with Crippen LogP contribution in [-0.2, 0) is 11.2 Å². The molecule has 1 aromatic rings. The molecule has 4 heteroatoms. The molecule has 0 aromatic carbocycles. The molecule has 2 rings (SSSR count). The standard InChI is InChI=1S/C15H23NO2S/c1-14(2,3)11-4-6-15(7-5-11,13(17)18)8-12-9-19-10-16-12/h9-11H,4-8H2,1-3H3,(H,17,18). The van der Waals surface area contributed by atoms with Gasteiger partial charge in [0.1, 0.15) is 0 Å². The second kappa shape index (κ2) is 5.23. The fourth-order valence-corrected chi connectivity index (χ4v) is 3.73. The van der Waals surface area contributed by atoms with Gasteiger partial charge in [-0.15, -0.1) is 11.3 Å². The van der Waals surface area contributed by atoms with Gasteiger partial charge >= 0.3 is 5.97 Å². The maximum absolute atomic E-state index is 11.7. The number of thiazole rings is 1. The first-order valence-electron chi connectivity index (χ1n) is 6.94. The van der Waals surface area contributed by atoms with Crippen LogP contribution < -0.4 is 0 Å². The van der Waals surface area contributed by atoms with Crippen molar-refractivity contribution in [1.29, 1.82) is 0 Å². The summed E-state index contributed by atoms with van der Waals surface area (Å²) in [4.78, 5) is 16.0. The number of carboxylic acids is 1. The zero-order valence-electron chi connectivity index (χ0n) is 12.0. The fraction of sp³-hybridized carbons (Fsp3) is 0.733. The molecule has 0 radical (unpaired) electrons. The van der Waals surface area contributed by atoms with Crippen molar-refractivity contribution < 1.29 is 9.90 Å². The van der Waals surface area contributed by atoms with E-state index in [4.69, 9.17) is 0 Å². The first-order chi connectivity index (χ1) is 8.83. The van der Waals surface area contributed by atoms with Crippen LogP contribution in [0.3, 0.4) is 0 Å². The van der Waals surface area contributed by atoms with Gasteiger partial charge < -0.3 is 5.11 Å². The van der Waals surface area contributed by atoms with Gasteiger partial charge in [-0.2, -0.15) is 0 Å². The van der Waals surface area contributed by atoms with Crippen molar-refractivity contribution in [3.8, 4) is 0 Å². The molecule has 1 fully saturated rings. The first-order valence-corrected chi connectivity index (χ1v) is 7.88. The van der Waals surface area contributed by atoms with E-state index in [1.165, 1.54) is 11.3 Å². The Morgan fingerprint density at radius 1 is 1.47 bits per heavy atom. The molecule has 106 valence electrons. The number of hydrogen-bond acceptors (Lipinski definition) is 3. The Morgan fingerprint density at radius 3 is 2.53 bits per heavy atom. The largest absolute Gasteiger partial charge is 0.481 e. The van der Waals surface area contributed by atoms with E-state index in [9.17, 15) is 9.90 Å². The molecule has 1 N–H and O–H groups in total. The highest BCUT2D eigenvalue weighted by atomic mass is 32.1. The lowest BCUT2D eigenvalue weighted by Crippen LogP contribution is -2.39. The number of aromatic nitrogens is 1. The number of carboxylic acid groups (broad SMARTS) is 1. The van der Waals surface area contributed by atoms with Gasteiger partial charge in [-0.05, 0) is 37.0 Å². The summed E-state index contributed by atoms with van der Waals surface area (Å²) in [6.07, 6.45) is 4.17. The normalized spacial score (nSPS) is 28.3. The van der Waals surface area contributed by atoms with Crippen LogP contribution in [0.2, 0.25) is 0 Å². The molecule has 0 amide bonds. The summed E-state index contributed by atoms with van der Waals surface area (Å²) in [6.45, 7) is 6.77. The molecule has 0 atom stereocenters. The van der Waals surface area contributed by atoms with Gasteiger partial charge in [0.2, 0.25) is 0 Å². The molecule has 0 spiro atoms. The summed E-state index contributed by atoms with van der Waals surface area (Å²) in [6, 6.07) is 0. The highest BCUT2D eigenvalue weighted by Gasteiger charge is 2.44. The molecular formula is C15H23NO2S. The zero-order valence-corrected chi connectivity index (χ0v) is 12.8. The van der Waals surface area contributed by atoms with E-state index in [2.05, 4.69) is 25.8 Å². The predicted octanol–water partition coefficient (Wildman–Crippen LogP) is 3.99. The molecule has 19 heavy (non-hydrogen) atoms. The number of nitrogens with zero attached hydrogens (tertiary/aromatic N) is 1. The number of hydrogen-bond donors (Lipinski definition) is 1. The highest BCUT2D eigenvalue weighted by Crippen LogP contribution is 2.47. The van der Waals surface area contributed by atoms with Crippen LogP contribution in [0.5, 0.6) is 0 Å². The molecule has 3 nitrogen and oxygen atoms in total. The molecule has 1 saturated carbocycles. The third kappa shape index (κ3) is 3.16. The molecule has 1 aromatic heterocycles. The molecule has 0 unspecified atom stereocenters. The van der Waals surface area contributed by atoms with Crippen molar-refractivity contribution in [1.82, 2.24) is 4.98 Å². The SMILES string of the molecule is CC(C)(C)C1CCC(Cc2cscn2)(C(=O)O)CC1. The minimum absolute atomic E-state index is 0.283. The monoisotopic (exact) mass is 281 g/mol. The van der Waals surface area contributed by atoms with E-state index in [0.717, 1.165) is 31.4 Å². The van der Waals surface area contributed by atoms with Crippen molar-refractivity contribution in [2.45, 2.75) is 52.9 Å². The van der Waals surface area contributed by atoms with Gasteiger partial charge in [-0.25, -0.2) is 4.98 Å². The predicted molar refractivity (Wildman–Crippen MR) is 77.3 cm³/mol. The Morgan fingerprint density at radius 2 is 2.11 bits per heavy atom. The Kier molecular flexibility index (Phi) is 4.00. The lowest BCUT2D eigenvalue weighted by atomic mass is 9.63. The summed E-state index contributed by atoms with van der Waals surface area (Å²) in [5.41, 5.74) is 2.41. The van der Waals surface area contributed by atoms with Crippen LogP contribution >= 0.6 is 11.3 Å². The molecule has 0 aliphatic heterocycles. The minimum Gasteiger partial charge on any atom is -0.481 e. The van der Waals surface area contributed by atoms with E-state index in [0.29, 0.717) is 12.3 Å². The zero-order chi connectivity index (χ0) is 14.1. The topological polar surface area (TPSA) is 50.2 Å². The van der Waals surface area contributed by atoms with E-state index in [1.54, 1.807) is 5.51 Å². The van der Waals surface area contributed by atoms with Gasteiger partial charge in [-0.3, -0.25) is 4.79 Å². The summed E-state index contributed by atoms with van der Waals surface area (Å²) in [5, 5.41) is 11.6. The van der Waals surface area contributed by atoms with Crippen LogP contribution in [0.4, 0.5) is 0 Å². The Balaban J connectivity index is 2.09. The fourth-order valence-electron chi connectivity index (χ4n) is 3.17. The van der Waals surface area contributed by atoms with E-state index < -0.39 is 11.4 Å². The van der Waals surface area contributed by atoms with Gasteiger partial charge in [0, 0.05) is 11.8 Å². The smallest absolute Gasteiger partial charge is 0.310 e. The summed E-state index contributed by atoms with van der Waals surface area (Å²) >= 11 is 1.54. The van der Waals surface area contributed by atoms with Crippen molar-refractivity contribution >= 4 is 17.3 Å². The van der Waals surface area contributed by atoms with E-state index in [-0.39, 0.29) is 5.41 Å². The van der Waals surface area contributed by atoms with Gasteiger partial charge in [0.25, 0.3) is 0 Å². The lowest BCUT2D eigenvalue weighted by Gasteiger charge is -2.41. The van der Waals surface area contributed by atoms with E-state index in [1.807, 2.05) is 5.38 Å². The quantitative estimate of drug-likeness (QED) is 0.911. The third-order valence-corrected chi connectivity index (χ3v) is 5.26. The van der Waals surface area contributed by atoms with Crippen LogP contribution in [0.25, 0.3) is 0 Å². The maximum Gasteiger partial charge on any atom is 0.310 e. The summed E-state index contributed by atoms with van der Waals surface area (Å²) in [7, 11) is 0. The van der Waals surface area contributed by atoms with Gasteiger partial charge in [-0.1, -0.05) is 20.8 Å². The second-order valence-electron chi connectivity index (χ2n) is 6.88. The van der Waals surface area contributed by atoms with Crippen molar-refractivity contribution in [2.75, 3.05) is 0 Å². The third-order valence-electron chi connectivity index (χ3n) is 4.62. The number of rotatable bonds is 3. The van der Waals surface area contributed by atoms with Crippen LogP contribution in [-0.4, -0.2) is 16.1 Å². The Hall–Kier alpha value is -0.900. The molecule has 0 saturated heterocycles. The highest BCUT2D eigenvalue weighted by molar-refractivity contribution is 7.07. The van der Waals surface area contributed by atoms with E-state index >= 15 is 0 Å². The average Bonchev–Trinajstić information content (AvgIpc) is 2.81. The summed E-state index contributed by atoms with van der Waals surface area (Å²) in [5.74, 6) is -0.0109. The molecular weight excluding hydrogens is 258 g/mol. The summed E-state index contributed by atoms with van der Waals surface area (Å²) < 4.78 is 0.